The number of ether oxygens (including phenoxy) is 2. The average Bonchev–Trinajstić information content (AvgIpc) is 2.72. The van der Waals surface area contributed by atoms with Crippen LogP contribution in [0, 0.1) is 0 Å². The Bertz CT molecular complexity index is 828. The van der Waals surface area contributed by atoms with E-state index in [1.165, 1.54) is 0 Å². The van der Waals surface area contributed by atoms with E-state index in [0.717, 1.165) is 16.7 Å². The van der Waals surface area contributed by atoms with Gasteiger partial charge in [0.2, 0.25) is 0 Å². The summed E-state index contributed by atoms with van der Waals surface area (Å²) in [5.41, 5.74) is 9.23. The molecule has 148 valence electrons. The predicted molar refractivity (Wildman–Crippen MR) is 114 cm³/mol. The first kappa shape index (κ1) is 21.8. The highest BCUT2D eigenvalue weighted by molar-refractivity contribution is 5.85. The van der Waals surface area contributed by atoms with Crippen molar-refractivity contribution >= 4 is 12.4 Å². The summed E-state index contributed by atoms with van der Waals surface area (Å²) in [5, 5.41) is 9.15. The highest BCUT2D eigenvalue weighted by Gasteiger charge is 2.12. The molecule has 3 aromatic rings. The van der Waals surface area contributed by atoms with Gasteiger partial charge < -0.3 is 20.3 Å². The molecule has 0 bridgehead atoms. The summed E-state index contributed by atoms with van der Waals surface area (Å²) in [6, 6.07) is 25.5. The van der Waals surface area contributed by atoms with E-state index in [1.807, 2.05) is 78.9 Å². The number of hydrogen-bond acceptors (Lipinski definition) is 4. The quantitative estimate of drug-likeness (QED) is 0.549. The summed E-state index contributed by atoms with van der Waals surface area (Å²) in [5.74, 6) is 1.33. The topological polar surface area (TPSA) is 64.7 Å². The minimum atomic E-state index is -0.239. The van der Waals surface area contributed by atoms with Crippen molar-refractivity contribution in [2.24, 2.45) is 5.73 Å². The lowest BCUT2D eigenvalue weighted by Gasteiger charge is -2.17. The summed E-state index contributed by atoms with van der Waals surface area (Å²) >= 11 is 0. The van der Waals surface area contributed by atoms with Crippen LogP contribution in [0.3, 0.4) is 0 Å². The molecule has 3 aromatic carbocycles. The lowest BCUT2D eigenvalue weighted by atomic mass is 10.0. The maximum atomic E-state index is 9.15. The average molecular weight is 400 g/mol. The van der Waals surface area contributed by atoms with Crippen LogP contribution in [0.2, 0.25) is 0 Å². The standard InChI is InChI=1S/C23H25NO3.ClH/c24-21(13-14-25)20-11-12-22(26-16-18-7-3-1-4-8-18)23(15-20)27-17-19-9-5-2-6-10-19;/h1-12,15,21,25H,13-14,16-17,24H2;1H. The lowest BCUT2D eigenvalue weighted by molar-refractivity contribution is 0.254. The molecule has 0 amide bonds. The number of aliphatic hydroxyl groups excluding tert-OH is 1. The van der Waals surface area contributed by atoms with E-state index in [1.54, 1.807) is 0 Å². The van der Waals surface area contributed by atoms with E-state index in [2.05, 4.69) is 0 Å². The van der Waals surface area contributed by atoms with Gasteiger partial charge in [0.25, 0.3) is 0 Å². The molecule has 28 heavy (non-hydrogen) atoms. The minimum Gasteiger partial charge on any atom is -0.485 e. The van der Waals surface area contributed by atoms with E-state index in [4.69, 9.17) is 20.3 Å². The van der Waals surface area contributed by atoms with Crippen LogP contribution in [0.15, 0.2) is 78.9 Å². The highest BCUT2D eigenvalue weighted by atomic mass is 35.5. The number of benzene rings is 3. The highest BCUT2D eigenvalue weighted by Crippen LogP contribution is 2.32. The summed E-state index contributed by atoms with van der Waals surface area (Å²) < 4.78 is 12.0. The van der Waals surface area contributed by atoms with Gasteiger partial charge in [0.1, 0.15) is 13.2 Å². The largest absolute Gasteiger partial charge is 0.485 e. The van der Waals surface area contributed by atoms with Crippen LogP contribution in [-0.4, -0.2) is 11.7 Å². The van der Waals surface area contributed by atoms with E-state index < -0.39 is 0 Å². The Balaban J connectivity index is 0.00000280. The molecule has 4 nitrogen and oxygen atoms in total. The molecule has 0 saturated heterocycles. The third-order valence-corrected chi connectivity index (χ3v) is 4.31. The zero-order valence-electron chi connectivity index (χ0n) is 15.7. The Labute approximate surface area is 172 Å². The normalized spacial score (nSPS) is 11.4. The van der Waals surface area contributed by atoms with Gasteiger partial charge in [-0.1, -0.05) is 66.7 Å². The SMILES string of the molecule is Cl.NC(CCO)c1ccc(OCc2ccccc2)c(OCc2ccccc2)c1. The second-order valence-corrected chi connectivity index (χ2v) is 6.37. The van der Waals surface area contributed by atoms with Crippen molar-refractivity contribution < 1.29 is 14.6 Å². The third-order valence-electron chi connectivity index (χ3n) is 4.31. The van der Waals surface area contributed by atoms with Gasteiger partial charge in [-0.2, -0.15) is 0 Å². The van der Waals surface area contributed by atoms with Crippen molar-refractivity contribution in [2.45, 2.75) is 25.7 Å². The Hall–Kier alpha value is -2.53. The molecule has 0 aliphatic carbocycles. The van der Waals surface area contributed by atoms with Crippen LogP contribution in [-0.2, 0) is 13.2 Å². The molecule has 0 radical (unpaired) electrons. The van der Waals surface area contributed by atoms with Crippen LogP contribution >= 0.6 is 12.4 Å². The Kier molecular flexibility index (Phi) is 8.82. The van der Waals surface area contributed by atoms with Gasteiger partial charge in [0, 0.05) is 12.6 Å². The molecular weight excluding hydrogens is 374 g/mol. The second-order valence-electron chi connectivity index (χ2n) is 6.37. The predicted octanol–water partition coefficient (Wildman–Crippen LogP) is 4.65. The molecule has 0 saturated carbocycles. The fourth-order valence-electron chi connectivity index (χ4n) is 2.76. The molecule has 1 unspecified atom stereocenters. The molecular formula is C23H26ClNO3. The van der Waals surface area contributed by atoms with Gasteiger partial charge in [0.05, 0.1) is 0 Å². The van der Waals surface area contributed by atoms with E-state index in [9.17, 15) is 0 Å². The van der Waals surface area contributed by atoms with Crippen molar-refractivity contribution in [1.82, 2.24) is 0 Å². The monoisotopic (exact) mass is 399 g/mol. The number of halogens is 1. The van der Waals surface area contributed by atoms with E-state index in [0.29, 0.717) is 31.1 Å². The first-order valence-corrected chi connectivity index (χ1v) is 9.10. The molecule has 0 aliphatic heterocycles. The molecule has 0 aliphatic rings. The van der Waals surface area contributed by atoms with E-state index >= 15 is 0 Å². The van der Waals surface area contributed by atoms with Crippen molar-refractivity contribution in [3.8, 4) is 11.5 Å². The lowest BCUT2D eigenvalue weighted by Crippen LogP contribution is -2.12. The van der Waals surface area contributed by atoms with Crippen LogP contribution in [0.5, 0.6) is 11.5 Å². The maximum Gasteiger partial charge on any atom is 0.162 e. The van der Waals surface area contributed by atoms with Crippen LogP contribution in [0.1, 0.15) is 29.2 Å². The molecule has 3 N–H and O–H groups in total. The summed E-state index contributed by atoms with van der Waals surface area (Å²) in [6.45, 7) is 0.958. The Morgan fingerprint density at radius 3 is 1.82 bits per heavy atom. The number of hydrogen-bond donors (Lipinski definition) is 2. The van der Waals surface area contributed by atoms with Crippen molar-refractivity contribution in [1.29, 1.82) is 0 Å². The van der Waals surface area contributed by atoms with Gasteiger partial charge in [-0.15, -0.1) is 12.4 Å². The minimum absolute atomic E-state index is 0. The number of aliphatic hydroxyl groups is 1. The van der Waals surface area contributed by atoms with Crippen LogP contribution in [0.4, 0.5) is 0 Å². The fraction of sp³-hybridized carbons (Fsp3) is 0.217. The third kappa shape index (κ3) is 6.27. The van der Waals surface area contributed by atoms with Gasteiger partial charge in [-0.05, 0) is 35.2 Å². The summed E-state index contributed by atoms with van der Waals surface area (Å²) in [6.07, 6.45) is 0.502. The molecule has 3 rings (SSSR count). The fourth-order valence-corrected chi connectivity index (χ4v) is 2.76. The van der Waals surface area contributed by atoms with Crippen molar-refractivity contribution in [2.75, 3.05) is 6.61 Å². The Morgan fingerprint density at radius 1 is 0.750 bits per heavy atom. The number of rotatable bonds is 9. The zero-order valence-corrected chi connectivity index (χ0v) is 16.5. The second kappa shape index (κ2) is 11.3. The van der Waals surface area contributed by atoms with Crippen molar-refractivity contribution in [3.63, 3.8) is 0 Å². The van der Waals surface area contributed by atoms with Gasteiger partial charge >= 0.3 is 0 Å². The molecule has 0 aromatic heterocycles. The molecule has 0 spiro atoms. The number of nitrogens with two attached hydrogens (primary N) is 1. The first-order valence-electron chi connectivity index (χ1n) is 9.10. The molecule has 0 fully saturated rings. The summed E-state index contributed by atoms with van der Waals surface area (Å²) in [4.78, 5) is 0. The van der Waals surface area contributed by atoms with Gasteiger partial charge in [-0.3, -0.25) is 0 Å². The van der Waals surface area contributed by atoms with Crippen LogP contribution < -0.4 is 15.2 Å². The summed E-state index contributed by atoms with van der Waals surface area (Å²) in [7, 11) is 0. The first-order chi connectivity index (χ1) is 13.3. The Morgan fingerprint density at radius 2 is 1.29 bits per heavy atom. The van der Waals surface area contributed by atoms with Gasteiger partial charge in [-0.25, -0.2) is 0 Å². The molecule has 5 heteroatoms. The molecule has 0 heterocycles. The van der Waals surface area contributed by atoms with Crippen LogP contribution in [0.25, 0.3) is 0 Å². The molecule has 1 atom stereocenters. The van der Waals surface area contributed by atoms with Gasteiger partial charge in [0.15, 0.2) is 11.5 Å². The maximum absolute atomic E-state index is 9.15. The zero-order chi connectivity index (χ0) is 18.9. The smallest absolute Gasteiger partial charge is 0.162 e. The van der Waals surface area contributed by atoms with Crippen molar-refractivity contribution in [3.05, 3.63) is 95.6 Å². The van der Waals surface area contributed by atoms with E-state index in [-0.39, 0.29) is 25.1 Å².